The van der Waals surface area contributed by atoms with E-state index in [2.05, 4.69) is 9.97 Å². The van der Waals surface area contributed by atoms with Crippen LogP contribution in [0.25, 0.3) is 0 Å². The van der Waals surface area contributed by atoms with Gasteiger partial charge in [-0.1, -0.05) is 0 Å². The maximum absolute atomic E-state index is 11.9. The average Bonchev–Trinajstić information content (AvgIpc) is 2.92. The number of amides is 1. The minimum Gasteiger partial charge on any atom is -0.480 e. The fourth-order valence-electron chi connectivity index (χ4n) is 2.31. The van der Waals surface area contributed by atoms with Gasteiger partial charge in [-0.3, -0.25) is 9.59 Å². The van der Waals surface area contributed by atoms with Crippen LogP contribution in [0.3, 0.4) is 0 Å². The van der Waals surface area contributed by atoms with Crippen molar-refractivity contribution in [3.05, 3.63) is 18.2 Å². The largest absolute Gasteiger partial charge is 0.480 e. The number of aromatic nitrogens is 2. The van der Waals surface area contributed by atoms with Crippen LogP contribution in [0.5, 0.6) is 0 Å². The molecule has 1 atom stereocenters. The first-order valence-corrected chi connectivity index (χ1v) is 6.33. The monoisotopic (exact) mass is 266 g/mol. The number of piperidine rings is 1. The lowest BCUT2D eigenvalue weighted by Gasteiger charge is -2.31. The van der Waals surface area contributed by atoms with Crippen molar-refractivity contribution in [2.45, 2.75) is 31.2 Å². The van der Waals surface area contributed by atoms with Crippen LogP contribution in [0, 0.1) is 0 Å². The number of aliphatic carboxylic acids is 1. The number of carboxylic acids is 1. The highest BCUT2D eigenvalue weighted by atomic mass is 16.4. The van der Waals surface area contributed by atoms with Crippen LogP contribution in [-0.4, -0.2) is 51.0 Å². The van der Waals surface area contributed by atoms with E-state index in [9.17, 15) is 9.59 Å². The summed E-state index contributed by atoms with van der Waals surface area (Å²) < 4.78 is 0. The molecule has 1 saturated heterocycles. The van der Waals surface area contributed by atoms with Crippen molar-refractivity contribution in [3.8, 4) is 0 Å². The molecule has 1 aromatic rings. The number of carbonyl (C=O) groups excluding carboxylic acids is 1. The number of carboxylic acid groups (broad SMARTS) is 1. The molecule has 1 unspecified atom stereocenters. The molecule has 19 heavy (non-hydrogen) atoms. The molecule has 7 nitrogen and oxygen atoms in total. The Morgan fingerprint density at radius 1 is 1.53 bits per heavy atom. The van der Waals surface area contributed by atoms with Gasteiger partial charge in [0.25, 0.3) is 0 Å². The summed E-state index contributed by atoms with van der Waals surface area (Å²) in [6, 6.07) is -1.12. The van der Waals surface area contributed by atoms with Crippen molar-refractivity contribution in [2.75, 3.05) is 13.1 Å². The summed E-state index contributed by atoms with van der Waals surface area (Å²) in [4.78, 5) is 31.5. The molecule has 1 fully saturated rings. The molecular weight excluding hydrogens is 248 g/mol. The number of imidazole rings is 1. The molecule has 2 heterocycles. The lowest BCUT2D eigenvalue weighted by Crippen LogP contribution is -2.42. The fourth-order valence-corrected chi connectivity index (χ4v) is 2.31. The molecule has 1 aliphatic rings. The fraction of sp³-hybridized carbons (Fsp3) is 0.583. The molecule has 4 N–H and O–H groups in total. The number of hydrogen-bond acceptors (Lipinski definition) is 4. The molecule has 1 aliphatic heterocycles. The van der Waals surface area contributed by atoms with E-state index in [1.165, 1.54) is 0 Å². The van der Waals surface area contributed by atoms with Gasteiger partial charge in [0.1, 0.15) is 11.9 Å². The maximum atomic E-state index is 11.9. The van der Waals surface area contributed by atoms with Gasteiger partial charge in [-0.15, -0.1) is 0 Å². The predicted molar refractivity (Wildman–Crippen MR) is 67.4 cm³/mol. The molecule has 1 aromatic heterocycles. The Morgan fingerprint density at radius 3 is 2.74 bits per heavy atom. The summed E-state index contributed by atoms with van der Waals surface area (Å²) in [5.74, 6) is -0.0341. The van der Waals surface area contributed by atoms with Crippen molar-refractivity contribution < 1.29 is 14.7 Å². The van der Waals surface area contributed by atoms with E-state index in [1.807, 2.05) is 0 Å². The highest BCUT2D eigenvalue weighted by Crippen LogP contribution is 2.25. The van der Waals surface area contributed by atoms with Crippen LogP contribution in [-0.2, 0) is 9.59 Å². The van der Waals surface area contributed by atoms with Gasteiger partial charge in [0.15, 0.2) is 0 Å². The zero-order chi connectivity index (χ0) is 13.8. The van der Waals surface area contributed by atoms with E-state index >= 15 is 0 Å². The van der Waals surface area contributed by atoms with Crippen molar-refractivity contribution in [1.82, 2.24) is 14.9 Å². The molecule has 0 aliphatic carbocycles. The van der Waals surface area contributed by atoms with Gasteiger partial charge in [-0.2, -0.15) is 0 Å². The smallest absolute Gasteiger partial charge is 0.321 e. The number of rotatable bonds is 4. The molecule has 0 aromatic carbocycles. The Hall–Kier alpha value is -1.89. The summed E-state index contributed by atoms with van der Waals surface area (Å²) in [7, 11) is 0. The lowest BCUT2D eigenvalue weighted by molar-refractivity contribution is -0.142. The Labute approximate surface area is 110 Å². The van der Waals surface area contributed by atoms with Gasteiger partial charge < -0.3 is 20.7 Å². The van der Waals surface area contributed by atoms with E-state index in [-0.39, 0.29) is 12.3 Å². The third kappa shape index (κ3) is 3.31. The lowest BCUT2D eigenvalue weighted by atomic mass is 9.96. The minimum absolute atomic E-state index is 0.138. The number of nitrogens with one attached hydrogen (secondary N) is 1. The van der Waals surface area contributed by atoms with Gasteiger partial charge in [0.05, 0.1) is 6.42 Å². The third-order valence-corrected chi connectivity index (χ3v) is 3.47. The van der Waals surface area contributed by atoms with Gasteiger partial charge in [-0.05, 0) is 12.8 Å². The van der Waals surface area contributed by atoms with Crippen LogP contribution in [0.4, 0.5) is 0 Å². The molecule has 0 radical (unpaired) electrons. The Morgan fingerprint density at radius 2 is 2.21 bits per heavy atom. The zero-order valence-electron chi connectivity index (χ0n) is 10.6. The first-order chi connectivity index (χ1) is 9.08. The summed E-state index contributed by atoms with van der Waals surface area (Å²) in [5, 5.41) is 8.69. The number of hydrogen-bond donors (Lipinski definition) is 3. The standard InChI is InChI=1S/C12H18N4O3/c13-9(12(18)19)7-10(17)16-5-1-8(2-6-16)11-14-3-4-15-11/h3-4,8-9H,1-2,5-7,13H2,(H,14,15)(H,18,19). The van der Waals surface area contributed by atoms with E-state index in [1.54, 1.807) is 17.3 Å². The average molecular weight is 266 g/mol. The summed E-state index contributed by atoms with van der Waals surface area (Å²) >= 11 is 0. The summed E-state index contributed by atoms with van der Waals surface area (Å²) in [5.41, 5.74) is 5.37. The predicted octanol–water partition coefficient (Wildman–Crippen LogP) is -0.0823. The number of aromatic amines is 1. The molecule has 0 saturated carbocycles. The molecule has 0 spiro atoms. The van der Waals surface area contributed by atoms with E-state index in [4.69, 9.17) is 10.8 Å². The number of nitrogens with two attached hydrogens (primary N) is 1. The van der Waals surface area contributed by atoms with Crippen molar-refractivity contribution in [3.63, 3.8) is 0 Å². The molecule has 1 amide bonds. The summed E-state index contributed by atoms with van der Waals surface area (Å²) in [6.45, 7) is 1.24. The second-order valence-corrected chi connectivity index (χ2v) is 4.78. The number of likely N-dealkylation sites (tertiary alicyclic amines) is 1. The van der Waals surface area contributed by atoms with Crippen LogP contribution >= 0.6 is 0 Å². The van der Waals surface area contributed by atoms with Crippen molar-refractivity contribution in [2.24, 2.45) is 5.73 Å². The van der Waals surface area contributed by atoms with E-state index in [0.717, 1.165) is 18.7 Å². The second kappa shape index (κ2) is 5.83. The Kier molecular flexibility index (Phi) is 4.16. The minimum atomic E-state index is -1.14. The highest BCUT2D eigenvalue weighted by molar-refractivity contribution is 5.84. The molecular formula is C12H18N4O3. The van der Waals surface area contributed by atoms with Crippen LogP contribution in [0.15, 0.2) is 12.4 Å². The van der Waals surface area contributed by atoms with Crippen LogP contribution in [0.1, 0.15) is 31.0 Å². The first kappa shape index (κ1) is 13.5. The molecule has 7 heteroatoms. The van der Waals surface area contributed by atoms with E-state index < -0.39 is 12.0 Å². The van der Waals surface area contributed by atoms with Gasteiger partial charge in [0, 0.05) is 31.4 Å². The highest BCUT2D eigenvalue weighted by Gasteiger charge is 2.27. The maximum Gasteiger partial charge on any atom is 0.321 e. The third-order valence-electron chi connectivity index (χ3n) is 3.47. The van der Waals surface area contributed by atoms with Crippen LogP contribution in [0.2, 0.25) is 0 Å². The number of H-pyrrole nitrogens is 1. The van der Waals surface area contributed by atoms with Gasteiger partial charge in [-0.25, -0.2) is 4.98 Å². The van der Waals surface area contributed by atoms with Crippen LogP contribution < -0.4 is 5.73 Å². The topological polar surface area (TPSA) is 112 Å². The summed E-state index contributed by atoms with van der Waals surface area (Å²) in [6.07, 6.45) is 5.04. The van der Waals surface area contributed by atoms with E-state index in [0.29, 0.717) is 19.0 Å². The zero-order valence-corrected chi connectivity index (χ0v) is 10.6. The molecule has 2 rings (SSSR count). The van der Waals surface area contributed by atoms with Crippen molar-refractivity contribution in [1.29, 1.82) is 0 Å². The number of carbonyl (C=O) groups is 2. The molecule has 104 valence electrons. The quantitative estimate of drug-likeness (QED) is 0.705. The SMILES string of the molecule is NC(CC(=O)N1CCC(c2ncc[nH]2)CC1)C(=O)O. The second-order valence-electron chi connectivity index (χ2n) is 4.78. The normalized spacial score (nSPS) is 18.3. The van der Waals surface area contributed by atoms with Crippen molar-refractivity contribution >= 4 is 11.9 Å². The number of nitrogens with zero attached hydrogens (tertiary/aromatic N) is 2. The van der Waals surface area contributed by atoms with Gasteiger partial charge in [0.2, 0.25) is 5.91 Å². The van der Waals surface area contributed by atoms with Gasteiger partial charge >= 0.3 is 5.97 Å². The first-order valence-electron chi connectivity index (χ1n) is 6.33. The molecule has 0 bridgehead atoms. The Balaban J connectivity index is 1.83. The Bertz CT molecular complexity index is 438.